The molecular formula is C69H87N9O14S. The molecule has 93 heavy (non-hydrogen) atoms. The average Bonchev–Trinajstić information content (AvgIpc) is 0.863. The second kappa shape index (κ2) is 41.0. The number of nitrogens with one attached hydrogen (secondary N) is 9. The molecule has 23 nitrogen and oxygen atoms in total. The van der Waals surface area contributed by atoms with E-state index in [0.717, 1.165) is 16.7 Å². The number of aliphatic carboxylic acids is 3. The molecule has 0 aliphatic carbocycles. The van der Waals surface area contributed by atoms with Crippen LogP contribution in [0.25, 0.3) is 0 Å². The van der Waals surface area contributed by atoms with Gasteiger partial charge in [-0.15, -0.1) is 11.8 Å². The van der Waals surface area contributed by atoms with E-state index in [-0.39, 0.29) is 75.5 Å². The van der Waals surface area contributed by atoms with Crippen molar-refractivity contribution in [3.05, 3.63) is 179 Å². The summed E-state index contributed by atoms with van der Waals surface area (Å²) in [6.07, 6.45) is 4.93. The smallest absolute Gasteiger partial charge is 0.326 e. The Hall–Kier alpha value is -9.58. The first-order valence-corrected chi connectivity index (χ1v) is 32.4. The molecule has 0 aliphatic rings. The Morgan fingerprint density at radius 2 is 0.785 bits per heavy atom. The standard InChI is InChI=1S/C69H87N9O14S/c1-48(39-40-63(84)85)74-68(92)78-55(67(90)91)36-22-24-42-71-59(80)38-20-3-2-19-37-58(79)70-41-23-21-35-54(66(88)89)76-65(87)57(44-50-27-11-5-12-28-50)77-64(86)56(43-49-25-9-4-10-26-49)75-61(82)46-72-60(81)45-73-62(83)47-93-69(51-29-13-6-14-30-51,52-31-15-7-16-32-52)53-33-17-8-18-34-53/h4-18,25-34,48,54-57H,2-3,19-24,35-47H2,1H3,(H,70,79)(H,71,80)(H,72,81)(H,73,83)(H,75,82)(H,76,87)(H,77,86)(H,84,85)(H,88,89)(H,90,91)(H2,74,78,92)/t48-,54?,55+,56?,57?/m1/s1. The number of hydrogen-bond donors (Lipinski definition) is 12. The summed E-state index contributed by atoms with van der Waals surface area (Å²) in [6.45, 7) is 1.23. The molecule has 0 aromatic heterocycles. The molecule has 12 N–H and O–H groups in total. The monoisotopic (exact) mass is 1300 g/mol. The van der Waals surface area contributed by atoms with Crippen LogP contribution in [0.1, 0.15) is 125 Å². The lowest BCUT2D eigenvalue weighted by Gasteiger charge is -2.35. The molecular weight excluding hydrogens is 1210 g/mol. The van der Waals surface area contributed by atoms with Crippen LogP contribution in [0.2, 0.25) is 0 Å². The highest BCUT2D eigenvalue weighted by atomic mass is 32.2. The highest BCUT2D eigenvalue weighted by molar-refractivity contribution is 8.01. The molecule has 9 amide bonds. The fourth-order valence-electron chi connectivity index (χ4n) is 10.2. The summed E-state index contributed by atoms with van der Waals surface area (Å²) in [5.74, 6) is -7.21. The van der Waals surface area contributed by atoms with E-state index in [1.807, 2.05) is 91.0 Å². The zero-order chi connectivity index (χ0) is 67.2. The van der Waals surface area contributed by atoms with Gasteiger partial charge in [-0.1, -0.05) is 165 Å². The maximum atomic E-state index is 14.3. The van der Waals surface area contributed by atoms with Crippen molar-refractivity contribution in [2.24, 2.45) is 0 Å². The number of carboxylic acids is 3. The average molecular weight is 1300 g/mol. The van der Waals surface area contributed by atoms with Crippen LogP contribution in [0.15, 0.2) is 152 Å². The van der Waals surface area contributed by atoms with Gasteiger partial charge in [-0.05, 0) is 92.5 Å². The number of rotatable bonds is 43. The van der Waals surface area contributed by atoms with Crippen LogP contribution >= 0.6 is 11.8 Å². The van der Waals surface area contributed by atoms with Gasteiger partial charge in [0.1, 0.15) is 24.2 Å². The third-order valence-electron chi connectivity index (χ3n) is 15.1. The van der Waals surface area contributed by atoms with Gasteiger partial charge in [-0.25, -0.2) is 14.4 Å². The van der Waals surface area contributed by atoms with E-state index in [1.165, 1.54) is 11.8 Å². The van der Waals surface area contributed by atoms with Crippen LogP contribution in [-0.4, -0.2) is 143 Å². The third kappa shape index (κ3) is 27.8. The van der Waals surface area contributed by atoms with Gasteiger partial charge in [-0.2, -0.15) is 0 Å². The molecule has 24 heteroatoms. The van der Waals surface area contributed by atoms with E-state index >= 15 is 0 Å². The largest absolute Gasteiger partial charge is 0.481 e. The molecule has 0 fully saturated rings. The van der Waals surface area contributed by atoms with Gasteiger partial charge in [0.15, 0.2) is 0 Å². The van der Waals surface area contributed by atoms with Gasteiger partial charge in [0, 0.05) is 51.2 Å². The molecule has 3 unspecified atom stereocenters. The lowest BCUT2D eigenvalue weighted by atomic mass is 9.84. The van der Waals surface area contributed by atoms with Crippen LogP contribution in [0.4, 0.5) is 4.79 Å². The Bertz CT molecular complexity index is 3090. The molecule has 0 saturated carbocycles. The first kappa shape index (κ1) is 74.2. The third-order valence-corrected chi connectivity index (χ3v) is 16.7. The normalized spacial score (nSPS) is 12.6. The fraction of sp³-hybridized carbons (Fsp3) is 0.406. The first-order valence-electron chi connectivity index (χ1n) is 31.4. The summed E-state index contributed by atoms with van der Waals surface area (Å²) in [7, 11) is 0. The van der Waals surface area contributed by atoms with Crippen molar-refractivity contribution in [1.82, 2.24) is 47.9 Å². The maximum absolute atomic E-state index is 14.3. The van der Waals surface area contributed by atoms with E-state index in [0.29, 0.717) is 69.0 Å². The number of carboxylic acid groups (broad SMARTS) is 3. The molecule has 0 spiro atoms. The Morgan fingerprint density at radius 1 is 0.387 bits per heavy atom. The molecule has 0 saturated heterocycles. The van der Waals surface area contributed by atoms with Gasteiger partial charge in [-0.3, -0.25) is 38.4 Å². The van der Waals surface area contributed by atoms with Crippen molar-refractivity contribution in [2.45, 2.75) is 145 Å². The topological polar surface area (TPSA) is 357 Å². The predicted molar refractivity (Wildman–Crippen MR) is 352 cm³/mol. The minimum Gasteiger partial charge on any atom is -0.481 e. The van der Waals surface area contributed by atoms with Gasteiger partial charge in [0.05, 0.1) is 23.6 Å². The lowest BCUT2D eigenvalue weighted by molar-refractivity contribution is -0.142. The summed E-state index contributed by atoms with van der Waals surface area (Å²) in [5, 5.41) is 52.2. The second-order valence-electron chi connectivity index (χ2n) is 22.5. The van der Waals surface area contributed by atoms with Crippen molar-refractivity contribution >= 4 is 77.1 Å². The van der Waals surface area contributed by atoms with Crippen molar-refractivity contribution in [3.63, 3.8) is 0 Å². The highest BCUT2D eigenvalue weighted by Gasteiger charge is 2.38. The fourth-order valence-corrected chi connectivity index (χ4v) is 11.5. The summed E-state index contributed by atoms with van der Waals surface area (Å²) in [5.41, 5.74) is 4.21. The Morgan fingerprint density at radius 3 is 1.23 bits per heavy atom. The van der Waals surface area contributed by atoms with E-state index in [1.54, 1.807) is 67.6 Å². The molecule has 0 radical (unpaired) electrons. The van der Waals surface area contributed by atoms with Crippen LogP contribution in [0.3, 0.4) is 0 Å². The molecule has 5 aromatic rings. The molecule has 0 bridgehead atoms. The van der Waals surface area contributed by atoms with Gasteiger partial charge in [0.2, 0.25) is 41.4 Å². The molecule has 0 aliphatic heterocycles. The summed E-state index contributed by atoms with van der Waals surface area (Å²) < 4.78 is -0.771. The van der Waals surface area contributed by atoms with Crippen molar-refractivity contribution < 1.29 is 68.1 Å². The van der Waals surface area contributed by atoms with Gasteiger partial charge < -0.3 is 63.2 Å². The van der Waals surface area contributed by atoms with Crippen LogP contribution in [-0.2, 0) is 65.5 Å². The summed E-state index contributed by atoms with van der Waals surface area (Å²) in [4.78, 5) is 140. The predicted octanol–water partition coefficient (Wildman–Crippen LogP) is 5.89. The number of hydrogen-bond acceptors (Lipinski definition) is 12. The van der Waals surface area contributed by atoms with Crippen molar-refractivity contribution in [3.8, 4) is 0 Å². The second-order valence-corrected chi connectivity index (χ2v) is 23.7. The van der Waals surface area contributed by atoms with E-state index < -0.39 is 102 Å². The first-order chi connectivity index (χ1) is 44.8. The Balaban J connectivity index is 1.03. The molecule has 498 valence electrons. The van der Waals surface area contributed by atoms with Crippen molar-refractivity contribution in [1.29, 1.82) is 0 Å². The Kier molecular flexibility index (Phi) is 32.7. The summed E-state index contributed by atoms with van der Waals surface area (Å²) >= 11 is 1.41. The van der Waals surface area contributed by atoms with E-state index in [9.17, 15) is 63.0 Å². The van der Waals surface area contributed by atoms with Crippen LogP contribution in [0.5, 0.6) is 0 Å². The van der Waals surface area contributed by atoms with Gasteiger partial charge in [0.25, 0.3) is 0 Å². The number of carbonyl (C=O) groups is 11. The van der Waals surface area contributed by atoms with Crippen LogP contribution < -0.4 is 47.9 Å². The highest BCUT2D eigenvalue weighted by Crippen LogP contribution is 2.48. The number of amides is 9. The number of thioether (sulfide) groups is 1. The molecule has 0 heterocycles. The zero-order valence-corrected chi connectivity index (χ0v) is 53.2. The number of unbranched alkanes of at least 4 members (excludes halogenated alkanes) is 5. The summed E-state index contributed by atoms with van der Waals surface area (Å²) in [6, 6.07) is 40.9. The zero-order valence-electron chi connectivity index (χ0n) is 52.4. The number of carbonyl (C=O) groups excluding carboxylic acids is 8. The minimum absolute atomic E-state index is 0.0108. The quantitative estimate of drug-likeness (QED) is 0.0160. The molecule has 5 rings (SSSR count). The lowest BCUT2D eigenvalue weighted by Crippen LogP contribution is -2.57. The minimum atomic E-state index is -1.35. The van der Waals surface area contributed by atoms with Crippen LogP contribution in [0, 0.1) is 0 Å². The van der Waals surface area contributed by atoms with Gasteiger partial charge >= 0.3 is 23.9 Å². The van der Waals surface area contributed by atoms with E-state index in [2.05, 4.69) is 47.9 Å². The molecule has 5 aromatic carbocycles. The SMILES string of the molecule is C[C@H](CCC(=O)O)NC(=O)N[C@@H](CCCCNC(=O)CCCCCCC(=O)NCCCCC(NC(=O)C(Cc1ccccc1)NC(=O)C(Cc1ccccc1)NC(=O)CNC(=O)CNC(=O)CSC(c1ccccc1)(c1ccccc1)c1ccccc1)C(=O)O)C(=O)O. The maximum Gasteiger partial charge on any atom is 0.326 e. The molecule has 5 atom stereocenters. The van der Waals surface area contributed by atoms with E-state index in [4.69, 9.17) is 5.11 Å². The Labute approximate surface area is 546 Å². The number of benzene rings is 5. The van der Waals surface area contributed by atoms with Crippen molar-refractivity contribution in [2.75, 3.05) is 31.9 Å². The number of urea groups is 1.